The largest absolute Gasteiger partial charge is 0.370 e. The zero-order valence-electron chi connectivity index (χ0n) is 5.99. The molecule has 0 aromatic heterocycles. The Morgan fingerprint density at radius 1 is 1.55 bits per heavy atom. The van der Waals surface area contributed by atoms with Gasteiger partial charge in [-0.05, 0) is 0 Å². The van der Waals surface area contributed by atoms with Crippen LogP contribution < -0.4 is 5.73 Å². The first kappa shape index (κ1) is 8.48. The lowest BCUT2D eigenvalue weighted by molar-refractivity contribution is -0.118. The van der Waals surface area contributed by atoms with Crippen molar-refractivity contribution in [3.8, 4) is 0 Å². The first-order valence-electron chi connectivity index (χ1n) is 3.28. The Labute approximate surface area is 65.2 Å². The van der Waals surface area contributed by atoms with Crippen LogP contribution >= 0.6 is 0 Å². The highest BCUT2D eigenvalue weighted by molar-refractivity contribution is 7.90. The lowest BCUT2D eigenvalue weighted by Gasteiger charge is -2.29. The van der Waals surface area contributed by atoms with Crippen LogP contribution in [0.4, 0.5) is 0 Å². The second-order valence-electron chi connectivity index (χ2n) is 2.43. The number of hydrogen-bond donors (Lipinski definition) is 1. The minimum Gasteiger partial charge on any atom is -0.370 e. The summed E-state index contributed by atoms with van der Waals surface area (Å²) in [5, 5.41) is 0. The number of hydrogen-bond acceptors (Lipinski definition) is 3. The van der Waals surface area contributed by atoms with Gasteiger partial charge in [0.15, 0.2) is 0 Å². The molecule has 1 fully saturated rings. The summed E-state index contributed by atoms with van der Waals surface area (Å²) < 4.78 is 22.9. The highest BCUT2D eigenvalue weighted by Gasteiger charge is 2.31. The van der Waals surface area contributed by atoms with E-state index in [1.807, 2.05) is 0 Å². The van der Waals surface area contributed by atoms with Gasteiger partial charge in [0.05, 0.1) is 5.75 Å². The average Bonchev–Trinajstić information content (AvgIpc) is 1.85. The standard InChI is InChI=1S/C5H10N2O3S/c6-5(8)1-2-7-3-4-11(7,9)10/h1-4H2,(H2,6,8). The van der Waals surface area contributed by atoms with Crippen LogP contribution in [0.5, 0.6) is 0 Å². The van der Waals surface area contributed by atoms with Crippen molar-refractivity contribution in [1.82, 2.24) is 4.31 Å². The molecule has 1 heterocycles. The number of nitrogens with zero attached hydrogens (tertiary/aromatic N) is 1. The van der Waals surface area contributed by atoms with Gasteiger partial charge in [0.1, 0.15) is 0 Å². The monoisotopic (exact) mass is 178 g/mol. The van der Waals surface area contributed by atoms with E-state index in [1.165, 1.54) is 4.31 Å². The van der Waals surface area contributed by atoms with Gasteiger partial charge in [0.25, 0.3) is 0 Å². The summed E-state index contributed by atoms with van der Waals surface area (Å²) in [5.41, 5.74) is 4.85. The van der Waals surface area contributed by atoms with E-state index >= 15 is 0 Å². The molecule has 2 N–H and O–H groups in total. The molecule has 1 aliphatic rings. The molecule has 11 heavy (non-hydrogen) atoms. The Balaban J connectivity index is 2.35. The summed E-state index contributed by atoms with van der Waals surface area (Å²) in [4.78, 5) is 10.3. The van der Waals surface area contributed by atoms with Gasteiger partial charge in [-0.15, -0.1) is 0 Å². The van der Waals surface area contributed by atoms with Crippen molar-refractivity contribution in [2.75, 3.05) is 18.8 Å². The number of nitrogens with two attached hydrogens (primary N) is 1. The Morgan fingerprint density at radius 2 is 2.18 bits per heavy atom. The number of carbonyl (C=O) groups excluding carboxylic acids is 1. The van der Waals surface area contributed by atoms with Crippen molar-refractivity contribution in [1.29, 1.82) is 0 Å². The number of carbonyl (C=O) groups is 1. The normalized spacial score (nSPS) is 22.5. The highest BCUT2D eigenvalue weighted by Crippen LogP contribution is 2.12. The molecular formula is C5H10N2O3S. The third-order valence-electron chi connectivity index (χ3n) is 1.60. The topological polar surface area (TPSA) is 80.5 Å². The maximum absolute atomic E-state index is 10.8. The van der Waals surface area contributed by atoms with Crippen LogP contribution in [0.25, 0.3) is 0 Å². The molecule has 0 bridgehead atoms. The van der Waals surface area contributed by atoms with Crippen LogP contribution in [0.15, 0.2) is 0 Å². The third-order valence-corrected chi connectivity index (χ3v) is 3.45. The zero-order valence-corrected chi connectivity index (χ0v) is 6.80. The summed E-state index contributed by atoms with van der Waals surface area (Å²) in [6, 6.07) is 0. The maximum Gasteiger partial charge on any atom is 0.218 e. The van der Waals surface area contributed by atoms with E-state index in [1.54, 1.807) is 0 Å². The van der Waals surface area contributed by atoms with Crippen molar-refractivity contribution >= 4 is 15.9 Å². The smallest absolute Gasteiger partial charge is 0.218 e. The van der Waals surface area contributed by atoms with Gasteiger partial charge in [-0.25, -0.2) is 12.7 Å². The van der Waals surface area contributed by atoms with E-state index in [9.17, 15) is 13.2 Å². The van der Waals surface area contributed by atoms with Crippen molar-refractivity contribution in [3.05, 3.63) is 0 Å². The number of rotatable bonds is 3. The molecule has 5 nitrogen and oxygen atoms in total. The maximum atomic E-state index is 10.8. The fourth-order valence-corrected chi connectivity index (χ4v) is 1.96. The summed E-state index contributed by atoms with van der Waals surface area (Å²) in [5.74, 6) is -0.265. The highest BCUT2D eigenvalue weighted by atomic mass is 32.2. The zero-order chi connectivity index (χ0) is 8.48. The van der Waals surface area contributed by atoms with E-state index in [0.717, 1.165) is 0 Å². The molecule has 0 aromatic carbocycles. The van der Waals surface area contributed by atoms with Gasteiger partial charge < -0.3 is 5.73 Å². The molecule has 64 valence electrons. The quantitative estimate of drug-likeness (QED) is 0.571. The molecule has 0 aliphatic carbocycles. The minimum absolute atomic E-state index is 0.110. The van der Waals surface area contributed by atoms with E-state index in [0.29, 0.717) is 6.54 Å². The first-order chi connectivity index (χ1) is 5.02. The van der Waals surface area contributed by atoms with Crippen molar-refractivity contribution in [3.63, 3.8) is 0 Å². The molecule has 0 unspecified atom stereocenters. The molecule has 0 aromatic rings. The van der Waals surface area contributed by atoms with Crippen LogP contribution in [-0.2, 0) is 14.8 Å². The van der Waals surface area contributed by atoms with Crippen LogP contribution in [0.2, 0.25) is 0 Å². The van der Waals surface area contributed by atoms with E-state index in [4.69, 9.17) is 5.73 Å². The Kier molecular flexibility index (Phi) is 2.15. The first-order valence-corrected chi connectivity index (χ1v) is 4.89. The SMILES string of the molecule is NC(=O)CCN1CCS1(=O)=O. The Bertz CT molecular complexity index is 259. The second kappa shape index (κ2) is 2.78. The van der Waals surface area contributed by atoms with Crippen LogP contribution in [0.3, 0.4) is 0 Å². The van der Waals surface area contributed by atoms with Crippen LogP contribution in [-0.4, -0.2) is 37.5 Å². The molecular weight excluding hydrogens is 168 g/mol. The molecule has 0 atom stereocenters. The van der Waals surface area contributed by atoms with Crippen LogP contribution in [0.1, 0.15) is 6.42 Å². The van der Waals surface area contributed by atoms with Crippen molar-refractivity contribution in [2.24, 2.45) is 5.73 Å². The summed E-state index contributed by atoms with van der Waals surface area (Å²) >= 11 is 0. The third kappa shape index (κ3) is 1.90. The summed E-state index contributed by atoms with van der Waals surface area (Å²) in [6.45, 7) is 0.757. The number of primary amides is 1. The van der Waals surface area contributed by atoms with Gasteiger partial charge in [0, 0.05) is 19.5 Å². The van der Waals surface area contributed by atoms with E-state index in [-0.39, 0.29) is 18.7 Å². The van der Waals surface area contributed by atoms with Gasteiger partial charge in [-0.1, -0.05) is 0 Å². The van der Waals surface area contributed by atoms with E-state index < -0.39 is 15.9 Å². The summed E-state index contributed by atoms with van der Waals surface area (Å²) in [7, 11) is -2.99. The fraction of sp³-hybridized carbons (Fsp3) is 0.800. The van der Waals surface area contributed by atoms with Crippen molar-refractivity contribution < 1.29 is 13.2 Å². The second-order valence-corrected chi connectivity index (χ2v) is 4.52. The number of sulfonamides is 1. The summed E-state index contributed by atoms with van der Waals surface area (Å²) in [6.07, 6.45) is 0.110. The molecule has 1 amide bonds. The van der Waals surface area contributed by atoms with Gasteiger partial charge >= 0.3 is 0 Å². The fourth-order valence-electron chi connectivity index (χ4n) is 0.855. The van der Waals surface area contributed by atoms with Gasteiger partial charge in [0.2, 0.25) is 15.9 Å². The average molecular weight is 178 g/mol. The minimum atomic E-state index is -2.99. The number of amides is 1. The lowest BCUT2D eigenvalue weighted by atomic mass is 10.4. The molecule has 1 rings (SSSR count). The predicted molar refractivity (Wildman–Crippen MR) is 39.2 cm³/mol. The van der Waals surface area contributed by atoms with Crippen LogP contribution in [0, 0.1) is 0 Å². The molecule has 0 spiro atoms. The predicted octanol–water partition coefficient (Wildman–Crippen LogP) is -1.49. The van der Waals surface area contributed by atoms with Crippen molar-refractivity contribution in [2.45, 2.75) is 6.42 Å². The molecule has 1 saturated heterocycles. The lowest BCUT2D eigenvalue weighted by Crippen LogP contribution is -2.48. The van der Waals surface area contributed by atoms with Gasteiger partial charge in [-0.2, -0.15) is 0 Å². The molecule has 6 heteroatoms. The van der Waals surface area contributed by atoms with E-state index in [2.05, 4.69) is 0 Å². The Morgan fingerprint density at radius 3 is 2.45 bits per heavy atom. The Hall–Kier alpha value is -0.620. The van der Waals surface area contributed by atoms with Gasteiger partial charge in [-0.3, -0.25) is 4.79 Å². The molecule has 1 aliphatic heterocycles. The molecule has 0 saturated carbocycles. The molecule has 0 radical (unpaired) electrons.